The fourth-order valence-corrected chi connectivity index (χ4v) is 2.81. The number of amides is 1. The van der Waals surface area contributed by atoms with Crippen LogP contribution < -0.4 is 5.48 Å². The molecule has 138 valence electrons. The summed E-state index contributed by atoms with van der Waals surface area (Å²) in [7, 11) is 1.66. The number of ether oxygens (including phenoxy) is 1. The molecule has 2 heterocycles. The summed E-state index contributed by atoms with van der Waals surface area (Å²) in [6.45, 7) is 1.89. The molecular weight excluding hydrogens is 341 g/mol. The molecule has 1 N–H and O–H groups in total. The lowest BCUT2D eigenvalue weighted by Gasteiger charge is -2.21. The Kier molecular flexibility index (Phi) is 5.43. The van der Waals surface area contributed by atoms with Gasteiger partial charge in [-0.3, -0.25) is 14.3 Å². The van der Waals surface area contributed by atoms with E-state index in [0.717, 1.165) is 12.8 Å². The highest BCUT2D eigenvalue weighted by molar-refractivity contribution is 5.99. The largest absolute Gasteiger partial charge is 0.350 e. The zero-order chi connectivity index (χ0) is 18.7. The smallest absolute Gasteiger partial charge is 0.296 e. The van der Waals surface area contributed by atoms with Crippen LogP contribution >= 0.6 is 0 Å². The number of aryl methyl sites for hydroxylation is 1. The van der Waals surface area contributed by atoms with Crippen LogP contribution in [0, 0.1) is 5.82 Å². The number of nitrogens with one attached hydrogen (secondary N) is 1. The van der Waals surface area contributed by atoms with Crippen LogP contribution in [-0.4, -0.2) is 34.4 Å². The maximum atomic E-state index is 14.1. The average molecular weight is 361 g/mol. The maximum Gasteiger partial charge on any atom is 0.296 e. The van der Waals surface area contributed by atoms with E-state index in [1.165, 1.54) is 23.7 Å². The van der Waals surface area contributed by atoms with Crippen molar-refractivity contribution in [3.8, 4) is 11.1 Å². The lowest BCUT2D eigenvalue weighted by molar-refractivity contribution is -0.186. The van der Waals surface area contributed by atoms with Crippen molar-refractivity contribution >= 4 is 11.7 Å². The lowest BCUT2D eigenvalue weighted by atomic mass is 10.0. The highest BCUT2D eigenvalue weighted by Crippen LogP contribution is 2.25. The fraction of sp³-hybridized carbons (Fsp3) is 0.389. The van der Waals surface area contributed by atoms with Crippen molar-refractivity contribution in [2.24, 2.45) is 7.05 Å². The first-order valence-electron chi connectivity index (χ1n) is 8.38. The Morgan fingerprint density at radius 2 is 2.19 bits per heavy atom. The van der Waals surface area contributed by atoms with Gasteiger partial charge in [-0.05, 0) is 37.5 Å². The standard InChI is InChI=1S/C18H20FN3O4/c1-11(23)13-7-6-12(9-15(13)19)14-10-22(2)20-17(14)18(24)21-26-16-5-3-4-8-25-16/h6-7,9-10,16H,3-5,8H2,1-2H3,(H,21,24)/t16-/m0/s1. The Morgan fingerprint density at radius 3 is 2.85 bits per heavy atom. The molecule has 7 nitrogen and oxygen atoms in total. The molecule has 1 fully saturated rings. The number of carbonyl (C=O) groups excluding carboxylic acids is 2. The molecule has 0 radical (unpaired) electrons. The molecule has 8 heteroatoms. The van der Waals surface area contributed by atoms with Crippen molar-refractivity contribution in [2.45, 2.75) is 32.5 Å². The molecule has 1 aromatic carbocycles. The average Bonchev–Trinajstić information content (AvgIpc) is 3.02. The van der Waals surface area contributed by atoms with Gasteiger partial charge in [0.25, 0.3) is 5.91 Å². The number of aromatic nitrogens is 2. The molecule has 1 atom stereocenters. The first kappa shape index (κ1) is 18.2. The number of Topliss-reactive ketones (excluding diaryl/α,β-unsaturated/α-hetero) is 1. The normalized spacial score (nSPS) is 17.1. The second-order valence-corrected chi connectivity index (χ2v) is 6.16. The van der Waals surface area contributed by atoms with E-state index < -0.39 is 18.0 Å². The molecule has 1 saturated heterocycles. The van der Waals surface area contributed by atoms with Crippen molar-refractivity contribution in [1.29, 1.82) is 0 Å². The molecule has 1 amide bonds. The number of hydroxylamine groups is 1. The Balaban J connectivity index is 1.80. The van der Waals surface area contributed by atoms with Crippen molar-refractivity contribution < 1.29 is 23.6 Å². The lowest BCUT2D eigenvalue weighted by Crippen LogP contribution is -2.33. The number of hydrogen-bond acceptors (Lipinski definition) is 5. The topological polar surface area (TPSA) is 82.5 Å². The van der Waals surface area contributed by atoms with Crippen LogP contribution in [0.2, 0.25) is 0 Å². The van der Waals surface area contributed by atoms with Crippen molar-refractivity contribution in [3.63, 3.8) is 0 Å². The molecule has 0 spiro atoms. The minimum Gasteiger partial charge on any atom is -0.350 e. The summed E-state index contributed by atoms with van der Waals surface area (Å²) in [6.07, 6.45) is 3.77. The van der Waals surface area contributed by atoms with Gasteiger partial charge in [0.15, 0.2) is 17.8 Å². The van der Waals surface area contributed by atoms with E-state index >= 15 is 0 Å². The molecule has 26 heavy (non-hydrogen) atoms. The number of rotatable bonds is 5. The van der Waals surface area contributed by atoms with Crippen LogP contribution in [-0.2, 0) is 16.6 Å². The molecular formula is C18H20FN3O4. The van der Waals surface area contributed by atoms with Crippen molar-refractivity contribution in [1.82, 2.24) is 15.3 Å². The van der Waals surface area contributed by atoms with Crippen molar-refractivity contribution in [2.75, 3.05) is 6.61 Å². The molecule has 3 rings (SSSR count). The first-order chi connectivity index (χ1) is 12.5. The summed E-state index contributed by atoms with van der Waals surface area (Å²) < 4.78 is 21.0. The minimum atomic E-state index is -0.642. The van der Waals surface area contributed by atoms with Gasteiger partial charge in [0.1, 0.15) is 5.82 Å². The molecule has 0 saturated carbocycles. The van der Waals surface area contributed by atoms with Gasteiger partial charge < -0.3 is 4.74 Å². The molecule has 0 unspecified atom stereocenters. The predicted molar refractivity (Wildman–Crippen MR) is 90.7 cm³/mol. The number of ketones is 1. The van der Waals surface area contributed by atoms with Crippen LogP contribution in [0.3, 0.4) is 0 Å². The molecule has 1 aliphatic rings. The number of nitrogens with zero attached hydrogens (tertiary/aromatic N) is 2. The summed E-state index contributed by atoms with van der Waals surface area (Å²) in [6, 6.07) is 4.20. The number of benzene rings is 1. The summed E-state index contributed by atoms with van der Waals surface area (Å²) >= 11 is 0. The van der Waals surface area contributed by atoms with Crippen LogP contribution in [0.1, 0.15) is 47.0 Å². The Hall–Kier alpha value is -2.58. The summed E-state index contributed by atoms with van der Waals surface area (Å²) in [4.78, 5) is 29.1. The highest BCUT2D eigenvalue weighted by Gasteiger charge is 2.21. The zero-order valence-electron chi connectivity index (χ0n) is 14.6. The van der Waals surface area contributed by atoms with E-state index in [-0.39, 0.29) is 17.0 Å². The van der Waals surface area contributed by atoms with E-state index in [1.54, 1.807) is 19.3 Å². The third-order valence-corrected chi connectivity index (χ3v) is 4.12. The van der Waals surface area contributed by atoms with Crippen LogP contribution in [0.15, 0.2) is 24.4 Å². The Bertz CT molecular complexity index is 828. The third-order valence-electron chi connectivity index (χ3n) is 4.12. The predicted octanol–water partition coefficient (Wildman–Crippen LogP) is 2.62. The first-order valence-corrected chi connectivity index (χ1v) is 8.38. The summed E-state index contributed by atoms with van der Waals surface area (Å²) in [5, 5.41) is 4.13. The third kappa shape index (κ3) is 3.97. The van der Waals surface area contributed by atoms with E-state index in [9.17, 15) is 14.0 Å². The minimum absolute atomic E-state index is 0.00132. The van der Waals surface area contributed by atoms with Gasteiger partial charge in [-0.25, -0.2) is 14.7 Å². The fourth-order valence-electron chi connectivity index (χ4n) is 2.81. The monoisotopic (exact) mass is 361 g/mol. The Morgan fingerprint density at radius 1 is 1.38 bits per heavy atom. The van der Waals surface area contributed by atoms with E-state index in [2.05, 4.69) is 10.6 Å². The number of halogens is 1. The molecule has 0 aliphatic carbocycles. The van der Waals surface area contributed by atoms with E-state index in [4.69, 9.17) is 9.57 Å². The second kappa shape index (κ2) is 7.76. The number of hydrogen-bond donors (Lipinski definition) is 1. The van der Waals surface area contributed by atoms with Gasteiger partial charge in [0.2, 0.25) is 0 Å². The van der Waals surface area contributed by atoms with Crippen LogP contribution in [0.5, 0.6) is 0 Å². The van der Waals surface area contributed by atoms with Gasteiger partial charge in [0, 0.05) is 31.8 Å². The Labute approximate surface area is 150 Å². The van der Waals surface area contributed by atoms with E-state index in [0.29, 0.717) is 24.2 Å². The SMILES string of the molecule is CC(=O)c1ccc(-c2cn(C)nc2C(=O)NO[C@H]2CCCCO2)cc1F. The van der Waals surface area contributed by atoms with Crippen molar-refractivity contribution in [3.05, 3.63) is 41.5 Å². The van der Waals surface area contributed by atoms with Crippen LogP contribution in [0.25, 0.3) is 11.1 Å². The zero-order valence-corrected chi connectivity index (χ0v) is 14.6. The maximum absolute atomic E-state index is 14.1. The van der Waals surface area contributed by atoms with Gasteiger partial charge in [-0.1, -0.05) is 6.07 Å². The molecule has 1 aliphatic heterocycles. The quantitative estimate of drug-likeness (QED) is 0.654. The van der Waals surface area contributed by atoms with Gasteiger partial charge in [-0.2, -0.15) is 5.10 Å². The van der Waals surface area contributed by atoms with Crippen LogP contribution in [0.4, 0.5) is 4.39 Å². The van der Waals surface area contributed by atoms with Gasteiger partial charge in [0.05, 0.1) is 5.56 Å². The molecule has 1 aromatic heterocycles. The highest BCUT2D eigenvalue weighted by atomic mass is 19.1. The molecule has 0 bridgehead atoms. The number of carbonyl (C=O) groups is 2. The van der Waals surface area contributed by atoms with Gasteiger partial charge in [-0.15, -0.1) is 0 Å². The second-order valence-electron chi connectivity index (χ2n) is 6.16. The molecule has 2 aromatic rings. The summed E-state index contributed by atoms with van der Waals surface area (Å²) in [5.74, 6) is -1.55. The van der Waals surface area contributed by atoms with Gasteiger partial charge >= 0.3 is 0 Å². The summed E-state index contributed by atoms with van der Waals surface area (Å²) in [5.41, 5.74) is 3.33. The van der Waals surface area contributed by atoms with E-state index in [1.807, 2.05) is 0 Å².